The first-order valence-electron chi connectivity index (χ1n) is 10.7. The van der Waals surface area contributed by atoms with Crippen molar-refractivity contribution in [3.05, 3.63) is 48.3 Å². The van der Waals surface area contributed by atoms with Crippen molar-refractivity contribution in [3.8, 4) is 0 Å². The molecule has 160 valence electrons. The van der Waals surface area contributed by atoms with E-state index in [-0.39, 0.29) is 12.1 Å². The van der Waals surface area contributed by atoms with Crippen LogP contribution in [0.5, 0.6) is 0 Å². The number of likely N-dealkylation sites (tertiary alicyclic amines) is 1. The first-order valence-corrected chi connectivity index (χ1v) is 10.7. The van der Waals surface area contributed by atoms with E-state index < -0.39 is 0 Å². The lowest BCUT2D eigenvalue weighted by Crippen LogP contribution is -2.42. The molecule has 3 rings (SSSR count). The third kappa shape index (κ3) is 6.11. The Morgan fingerprint density at radius 3 is 2.34 bits per heavy atom. The highest BCUT2D eigenvalue weighted by molar-refractivity contribution is 5.79. The van der Waals surface area contributed by atoms with Gasteiger partial charge in [0.1, 0.15) is 11.5 Å². The zero-order valence-electron chi connectivity index (χ0n) is 17.9. The second-order valence-corrected chi connectivity index (χ2v) is 7.72. The van der Waals surface area contributed by atoms with Crippen LogP contribution in [0.4, 0.5) is 0 Å². The molecule has 0 aromatic carbocycles. The Balaban J connectivity index is 1.67. The number of furan rings is 2. The molecule has 7 nitrogen and oxygen atoms in total. The Morgan fingerprint density at radius 2 is 1.76 bits per heavy atom. The molecular formula is C22H35N5O2. The lowest BCUT2D eigenvalue weighted by Gasteiger charge is -2.32. The van der Waals surface area contributed by atoms with Crippen molar-refractivity contribution in [3.63, 3.8) is 0 Å². The van der Waals surface area contributed by atoms with E-state index in [4.69, 9.17) is 13.8 Å². The van der Waals surface area contributed by atoms with Crippen LogP contribution in [0.2, 0.25) is 0 Å². The SMILES string of the molecule is CCNC(=NCC(c1ccco1)N1CCCCC1)NCC(c1ccco1)N(C)C. The van der Waals surface area contributed by atoms with Gasteiger partial charge in [0, 0.05) is 13.1 Å². The Bertz CT molecular complexity index is 706. The minimum absolute atomic E-state index is 0.136. The number of piperidine rings is 1. The van der Waals surface area contributed by atoms with Crippen molar-refractivity contribution < 1.29 is 8.83 Å². The number of nitrogens with one attached hydrogen (secondary N) is 2. The fourth-order valence-electron chi connectivity index (χ4n) is 3.83. The topological polar surface area (TPSA) is 69.2 Å². The molecule has 1 aliphatic rings. The summed E-state index contributed by atoms with van der Waals surface area (Å²) in [5, 5.41) is 6.85. The summed E-state index contributed by atoms with van der Waals surface area (Å²) < 4.78 is 11.4. The summed E-state index contributed by atoms with van der Waals surface area (Å²) in [7, 11) is 4.12. The van der Waals surface area contributed by atoms with Gasteiger partial charge in [-0.25, -0.2) is 0 Å². The normalized spacial score (nSPS) is 18.0. The third-order valence-electron chi connectivity index (χ3n) is 5.43. The molecule has 3 heterocycles. The monoisotopic (exact) mass is 401 g/mol. The minimum atomic E-state index is 0.136. The van der Waals surface area contributed by atoms with Crippen molar-refractivity contribution in [1.29, 1.82) is 0 Å². The molecule has 2 aromatic rings. The molecule has 0 saturated carbocycles. The van der Waals surface area contributed by atoms with Gasteiger partial charge in [-0.3, -0.25) is 14.8 Å². The summed E-state index contributed by atoms with van der Waals surface area (Å²) in [6.07, 6.45) is 7.27. The second-order valence-electron chi connectivity index (χ2n) is 7.72. The van der Waals surface area contributed by atoms with Crippen molar-refractivity contribution in [2.24, 2.45) is 4.99 Å². The second kappa shape index (κ2) is 11.1. The van der Waals surface area contributed by atoms with Gasteiger partial charge in [-0.1, -0.05) is 6.42 Å². The molecule has 2 unspecified atom stereocenters. The fourth-order valence-corrected chi connectivity index (χ4v) is 3.83. The van der Waals surface area contributed by atoms with Crippen LogP contribution < -0.4 is 10.6 Å². The van der Waals surface area contributed by atoms with Crippen LogP contribution in [0.25, 0.3) is 0 Å². The van der Waals surface area contributed by atoms with Crippen LogP contribution in [0, 0.1) is 0 Å². The van der Waals surface area contributed by atoms with Crippen molar-refractivity contribution >= 4 is 5.96 Å². The first kappa shape index (κ1) is 21.5. The van der Waals surface area contributed by atoms with E-state index in [1.54, 1.807) is 12.5 Å². The van der Waals surface area contributed by atoms with Gasteiger partial charge in [0.25, 0.3) is 0 Å². The molecule has 29 heavy (non-hydrogen) atoms. The van der Waals surface area contributed by atoms with Gasteiger partial charge in [0.15, 0.2) is 5.96 Å². The molecule has 2 aromatic heterocycles. The molecular weight excluding hydrogens is 366 g/mol. The van der Waals surface area contributed by atoms with Crippen molar-refractivity contribution in [2.45, 2.75) is 38.3 Å². The first-order chi connectivity index (χ1) is 14.2. The van der Waals surface area contributed by atoms with Crippen LogP contribution in [0.15, 0.2) is 50.6 Å². The molecule has 1 saturated heterocycles. The number of guanidine groups is 1. The van der Waals surface area contributed by atoms with Crippen LogP contribution >= 0.6 is 0 Å². The maximum atomic E-state index is 5.75. The minimum Gasteiger partial charge on any atom is -0.468 e. The fraction of sp³-hybridized carbons (Fsp3) is 0.591. The van der Waals surface area contributed by atoms with E-state index >= 15 is 0 Å². The van der Waals surface area contributed by atoms with Crippen LogP contribution in [-0.4, -0.2) is 62.6 Å². The molecule has 0 amide bonds. The number of likely N-dealkylation sites (N-methyl/N-ethyl adjacent to an activating group) is 1. The number of aliphatic imine (C=N–C) groups is 1. The number of nitrogens with zero attached hydrogens (tertiary/aromatic N) is 3. The highest BCUT2D eigenvalue weighted by Gasteiger charge is 2.24. The predicted molar refractivity (Wildman–Crippen MR) is 116 cm³/mol. The largest absolute Gasteiger partial charge is 0.468 e. The lowest BCUT2D eigenvalue weighted by atomic mass is 10.1. The number of rotatable bonds is 9. The van der Waals surface area contributed by atoms with Crippen molar-refractivity contribution in [1.82, 2.24) is 20.4 Å². The van der Waals surface area contributed by atoms with E-state index in [1.165, 1.54) is 19.3 Å². The van der Waals surface area contributed by atoms with Gasteiger partial charge in [0.2, 0.25) is 0 Å². The van der Waals surface area contributed by atoms with E-state index in [2.05, 4.69) is 47.5 Å². The number of hydrogen-bond acceptors (Lipinski definition) is 5. The maximum Gasteiger partial charge on any atom is 0.191 e. The summed E-state index contributed by atoms with van der Waals surface area (Å²) in [5.41, 5.74) is 0. The maximum absolute atomic E-state index is 5.75. The van der Waals surface area contributed by atoms with Crippen LogP contribution in [0.3, 0.4) is 0 Å². The molecule has 0 spiro atoms. The van der Waals surface area contributed by atoms with E-state index in [1.807, 2.05) is 18.2 Å². The molecule has 2 atom stereocenters. The lowest BCUT2D eigenvalue weighted by molar-refractivity contribution is 0.150. The van der Waals surface area contributed by atoms with E-state index in [0.29, 0.717) is 13.1 Å². The molecule has 1 fully saturated rings. The number of hydrogen-bond donors (Lipinski definition) is 2. The Morgan fingerprint density at radius 1 is 1.07 bits per heavy atom. The standard InChI is InChI=1S/C22H35N5O2/c1-4-23-22(24-16-18(26(2)3)20-10-8-14-28-20)25-17-19(21-11-9-15-29-21)27-12-6-5-7-13-27/h8-11,14-15,18-19H,4-7,12-13,16-17H2,1-3H3,(H2,23,24,25). The highest BCUT2D eigenvalue weighted by atomic mass is 16.3. The van der Waals surface area contributed by atoms with E-state index in [9.17, 15) is 0 Å². The van der Waals surface area contributed by atoms with Crippen LogP contribution in [-0.2, 0) is 0 Å². The zero-order chi connectivity index (χ0) is 20.5. The molecule has 1 aliphatic heterocycles. The predicted octanol–water partition coefficient (Wildman–Crippen LogP) is 3.26. The average Bonchev–Trinajstić information content (AvgIpc) is 3.43. The van der Waals surface area contributed by atoms with E-state index in [0.717, 1.165) is 37.1 Å². The molecule has 2 N–H and O–H groups in total. The summed E-state index contributed by atoms with van der Waals surface area (Å²) in [6.45, 7) is 6.48. The van der Waals surface area contributed by atoms with Gasteiger partial charge in [-0.15, -0.1) is 0 Å². The van der Waals surface area contributed by atoms with Gasteiger partial charge >= 0.3 is 0 Å². The van der Waals surface area contributed by atoms with Gasteiger partial charge in [-0.05, 0) is 71.2 Å². The average molecular weight is 402 g/mol. The Hall–Kier alpha value is -2.25. The molecule has 7 heteroatoms. The summed E-state index contributed by atoms with van der Waals surface area (Å²) in [4.78, 5) is 9.55. The summed E-state index contributed by atoms with van der Waals surface area (Å²) in [6, 6.07) is 8.28. The molecule has 0 bridgehead atoms. The summed E-state index contributed by atoms with van der Waals surface area (Å²) in [5.74, 6) is 2.76. The highest BCUT2D eigenvalue weighted by Crippen LogP contribution is 2.25. The van der Waals surface area contributed by atoms with Crippen LogP contribution in [0.1, 0.15) is 49.8 Å². The van der Waals surface area contributed by atoms with Crippen molar-refractivity contribution in [2.75, 3.05) is 46.8 Å². The smallest absolute Gasteiger partial charge is 0.191 e. The Labute approximate surface area is 174 Å². The summed E-state index contributed by atoms with van der Waals surface area (Å²) >= 11 is 0. The molecule has 0 aliphatic carbocycles. The van der Waals surface area contributed by atoms with Gasteiger partial charge in [-0.2, -0.15) is 0 Å². The van der Waals surface area contributed by atoms with Gasteiger partial charge in [0.05, 0.1) is 31.2 Å². The van der Waals surface area contributed by atoms with Gasteiger partial charge < -0.3 is 19.5 Å². The third-order valence-corrected chi connectivity index (χ3v) is 5.43. The quantitative estimate of drug-likeness (QED) is 0.497. The zero-order valence-corrected chi connectivity index (χ0v) is 17.9. The Kier molecular flexibility index (Phi) is 8.19. The molecule has 0 radical (unpaired) electrons.